The van der Waals surface area contributed by atoms with Gasteiger partial charge in [0.2, 0.25) is 0 Å². The molecule has 0 aliphatic heterocycles. The Balaban J connectivity index is 3.92. The molecule has 0 aromatic rings. The molecule has 6 N–H and O–H groups in total. The van der Waals surface area contributed by atoms with Gasteiger partial charge in [0.25, 0.3) is 0 Å². The monoisotopic (exact) mass is 305 g/mol. The topological polar surface area (TPSA) is 251 Å². The van der Waals surface area contributed by atoms with Crippen LogP contribution < -0.4 is 17.2 Å². The first kappa shape index (κ1) is 15.7. The van der Waals surface area contributed by atoms with Gasteiger partial charge < -0.3 is 11.5 Å². The van der Waals surface area contributed by atoms with E-state index in [0.29, 0.717) is 0 Å². The minimum absolute atomic E-state index is 1.24. The second-order valence-corrected chi connectivity index (χ2v) is 3.85. The highest BCUT2D eigenvalue weighted by Crippen LogP contribution is 2.34. The van der Waals surface area contributed by atoms with Crippen molar-refractivity contribution < 1.29 is 19.7 Å². The summed E-state index contributed by atoms with van der Waals surface area (Å²) < 4.78 is 0. The summed E-state index contributed by atoms with van der Waals surface area (Å²) in [5.41, 5.74) is 6.47. The lowest BCUT2D eigenvalue weighted by atomic mass is 9.87. The van der Waals surface area contributed by atoms with E-state index in [1.807, 2.05) is 0 Å². The smallest absolute Gasteiger partial charge is 0.390 e. The maximum atomic E-state index is 11.0. The molecule has 0 bridgehead atoms. The van der Waals surface area contributed by atoms with Crippen molar-refractivity contribution in [2.24, 2.45) is 17.2 Å². The fourth-order valence-corrected chi connectivity index (χ4v) is 1.89. The van der Waals surface area contributed by atoms with E-state index in [1.165, 1.54) is 0 Å². The van der Waals surface area contributed by atoms with Crippen molar-refractivity contribution in [3.63, 3.8) is 0 Å². The minimum Gasteiger partial charge on any atom is -0.390 e. The van der Waals surface area contributed by atoms with E-state index in [0.717, 1.165) is 0 Å². The Bertz CT molecular complexity index is 637. The molecule has 0 fully saturated rings. The first-order valence-electron chi connectivity index (χ1n) is 4.83. The Morgan fingerprint density at radius 1 is 0.952 bits per heavy atom. The second kappa shape index (κ2) is 4.63. The van der Waals surface area contributed by atoms with E-state index in [2.05, 4.69) is 0 Å². The van der Waals surface area contributed by atoms with Crippen molar-refractivity contribution in [3.05, 3.63) is 63.2 Å². The van der Waals surface area contributed by atoms with Gasteiger partial charge in [0, 0.05) is 4.92 Å². The van der Waals surface area contributed by atoms with E-state index in [-0.39, 0.29) is 0 Å². The molecule has 0 heterocycles. The lowest BCUT2D eigenvalue weighted by Crippen LogP contribution is -2.66. The van der Waals surface area contributed by atoms with Crippen molar-refractivity contribution in [3.8, 4) is 0 Å². The van der Waals surface area contributed by atoms with Gasteiger partial charge in [0.1, 0.15) is 0 Å². The minimum atomic E-state index is -3.44. The molecule has 1 rings (SSSR count). The van der Waals surface area contributed by atoms with Crippen LogP contribution in [0.5, 0.6) is 0 Å². The van der Waals surface area contributed by atoms with Gasteiger partial charge in [-0.2, -0.15) is 0 Å². The van der Waals surface area contributed by atoms with Crippen LogP contribution in [0.4, 0.5) is 0 Å². The molecule has 1 aliphatic carbocycles. The highest BCUT2D eigenvalue weighted by molar-refractivity contribution is 5.40. The molecule has 21 heavy (non-hydrogen) atoms. The fraction of sp³-hybridized carbons (Fsp3) is 0.333. The molecule has 0 spiro atoms. The molecule has 15 heteroatoms. The van der Waals surface area contributed by atoms with Crippen LogP contribution in [-0.4, -0.2) is 31.4 Å². The van der Waals surface area contributed by atoms with E-state index in [9.17, 15) is 40.5 Å². The molecule has 2 atom stereocenters. The van der Waals surface area contributed by atoms with Crippen LogP contribution in [-0.2, 0) is 0 Å². The Morgan fingerprint density at radius 3 is 1.71 bits per heavy atom. The van der Waals surface area contributed by atoms with E-state index in [4.69, 9.17) is 17.2 Å². The molecular weight excluding hydrogens is 298 g/mol. The zero-order valence-electron chi connectivity index (χ0n) is 9.86. The number of rotatable bonds is 4. The molecule has 2 unspecified atom stereocenters. The highest BCUT2D eigenvalue weighted by atomic mass is 16.7. The number of hydrogen-bond acceptors (Lipinski definition) is 11. The van der Waals surface area contributed by atoms with Crippen LogP contribution in [0.2, 0.25) is 0 Å². The summed E-state index contributed by atoms with van der Waals surface area (Å²) in [5.74, 6) is 0. The van der Waals surface area contributed by atoms with Gasteiger partial charge >= 0.3 is 23.1 Å². The number of nitrogens with two attached hydrogens (primary N) is 3. The Kier molecular flexibility index (Phi) is 3.46. The standard InChI is InChI=1S/C6H7N7O8/c7-1-3(10(14)15)2(8)5(12(18)19)6(9,13(20)21)4(1)11(16)17/h4H,7-9H2. The summed E-state index contributed by atoms with van der Waals surface area (Å²) in [5, 5.41) is 43.6. The van der Waals surface area contributed by atoms with Crippen LogP contribution in [0.1, 0.15) is 0 Å². The molecule has 0 aromatic heterocycles. The van der Waals surface area contributed by atoms with Crippen molar-refractivity contribution in [1.82, 2.24) is 0 Å². The van der Waals surface area contributed by atoms with E-state index >= 15 is 0 Å². The summed E-state index contributed by atoms with van der Waals surface area (Å²) in [6, 6.07) is -2.72. The van der Waals surface area contributed by atoms with Crippen LogP contribution in [0.15, 0.2) is 22.8 Å². The van der Waals surface area contributed by atoms with Gasteiger partial charge in [-0.3, -0.25) is 40.5 Å². The third-order valence-electron chi connectivity index (χ3n) is 2.75. The maximum absolute atomic E-state index is 11.0. The zero-order chi connectivity index (χ0) is 16.7. The fourth-order valence-electron chi connectivity index (χ4n) is 1.89. The average Bonchev–Trinajstić information content (AvgIpc) is 2.25. The second-order valence-electron chi connectivity index (χ2n) is 3.85. The van der Waals surface area contributed by atoms with Gasteiger partial charge in [0.15, 0.2) is 11.4 Å². The first-order chi connectivity index (χ1) is 9.47. The SMILES string of the molecule is NC1=C([N+](=O)[O-])C(N)([N+](=O)[O-])C([N+](=O)[O-])C(N)=C1[N+](=O)[O-]. The van der Waals surface area contributed by atoms with Crippen LogP contribution in [0.3, 0.4) is 0 Å². The molecule has 0 saturated heterocycles. The van der Waals surface area contributed by atoms with Crippen LogP contribution in [0.25, 0.3) is 0 Å². The van der Waals surface area contributed by atoms with Crippen molar-refractivity contribution in [2.75, 3.05) is 0 Å². The quantitative estimate of drug-likeness (QED) is 0.277. The summed E-state index contributed by atoms with van der Waals surface area (Å²) in [4.78, 5) is 37.9. The van der Waals surface area contributed by atoms with Gasteiger partial charge in [0.05, 0.1) is 14.8 Å². The molecule has 15 nitrogen and oxygen atoms in total. The molecule has 0 radical (unpaired) electrons. The number of hydrogen-bond donors (Lipinski definition) is 3. The summed E-state index contributed by atoms with van der Waals surface area (Å²) in [7, 11) is 0. The zero-order valence-corrected chi connectivity index (χ0v) is 9.86. The van der Waals surface area contributed by atoms with Crippen molar-refractivity contribution in [1.29, 1.82) is 0 Å². The highest BCUT2D eigenvalue weighted by Gasteiger charge is 2.72. The Labute approximate surface area is 113 Å². The van der Waals surface area contributed by atoms with E-state index < -0.39 is 54.2 Å². The lowest BCUT2D eigenvalue weighted by molar-refractivity contribution is -0.662. The van der Waals surface area contributed by atoms with Gasteiger partial charge in [-0.1, -0.05) is 0 Å². The largest absolute Gasteiger partial charge is 0.436 e. The molecule has 114 valence electrons. The third kappa shape index (κ3) is 1.96. The lowest BCUT2D eigenvalue weighted by Gasteiger charge is -2.24. The van der Waals surface area contributed by atoms with Crippen LogP contribution in [0, 0.1) is 40.5 Å². The first-order valence-corrected chi connectivity index (χ1v) is 4.83. The van der Waals surface area contributed by atoms with Crippen molar-refractivity contribution >= 4 is 0 Å². The van der Waals surface area contributed by atoms with E-state index in [1.54, 1.807) is 0 Å². The molecule has 0 saturated carbocycles. The Hall–Kier alpha value is -3.36. The predicted octanol–water partition coefficient (Wildman–Crippen LogP) is -2.53. The molecule has 1 aliphatic rings. The summed E-state index contributed by atoms with van der Waals surface area (Å²) in [6.07, 6.45) is 0. The van der Waals surface area contributed by atoms with Gasteiger partial charge in [-0.05, 0) is 0 Å². The van der Waals surface area contributed by atoms with Gasteiger partial charge in [-0.15, -0.1) is 0 Å². The maximum Gasteiger partial charge on any atom is 0.436 e. The average molecular weight is 305 g/mol. The van der Waals surface area contributed by atoms with Crippen molar-refractivity contribution in [2.45, 2.75) is 11.7 Å². The van der Waals surface area contributed by atoms with Crippen LogP contribution >= 0.6 is 0 Å². The normalized spacial score (nSPS) is 25.7. The number of nitrogens with zero attached hydrogens (tertiary/aromatic N) is 4. The molecular formula is C6H7N7O8. The van der Waals surface area contributed by atoms with Gasteiger partial charge in [-0.25, -0.2) is 5.73 Å². The third-order valence-corrected chi connectivity index (χ3v) is 2.75. The number of nitro groups is 4. The summed E-state index contributed by atoms with van der Waals surface area (Å²) >= 11 is 0. The molecule has 0 amide bonds. The Morgan fingerprint density at radius 2 is 1.43 bits per heavy atom. The predicted molar refractivity (Wildman–Crippen MR) is 61.1 cm³/mol. The molecule has 0 aromatic carbocycles. The summed E-state index contributed by atoms with van der Waals surface area (Å²) in [6.45, 7) is 0.